The number of fused-ring (bicyclic) bond motifs is 1. The van der Waals surface area contributed by atoms with Crippen LogP contribution in [0, 0.1) is 12.8 Å². The van der Waals surface area contributed by atoms with Gasteiger partial charge in [-0.1, -0.05) is 24.3 Å². The average Bonchev–Trinajstić information content (AvgIpc) is 3.13. The minimum absolute atomic E-state index is 0.235. The van der Waals surface area contributed by atoms with Gasteiger partial charge in [-0.15, -0.1) is 11.3 Å². The van der Waals surface area contributed by atoms with Gasteiger partial charge in [-0.05, 0) is 25.5 Å². The van der Waals surface area contributed by atoms with Crippen LogP contribution >= 0.6 is 11.3 Å². The van der Waals surface area contributed by atoms with Crippen LogP contribution in [0.1, 0.15) is 16.4 Å². The first-order valence-electron chi connectivity index (χ1n) is 8.33. The molecule has 0 saturated carbocycles. The molecule has 1 saturated heterocycles. The highest BCUT2D eigenvalue weighted by Gasteiger charge is 2.31. The van der Waals surface area contributed by atoms with E-state index in [1.807, 2.05) is 25.1 Å². The highest BCUT2D eigenvalue weighted by Crippen LogP contribution is 2.24. The quantitative estimate of drug-likeness (QED) is 0.794. The number of nitrogens with zero attached hydrogens (tertiary/aromatic N) is 3. The molecule has 1 N–H and O–H groups in total. The largest absolute Gasteiger partial charge is 0.391 e. The molecule has 0 bridgehead atoms. The van der Waals surface area contributed by atoms with Gasteiger partial charge in [-0.2, -0.15) is 0 Å². The van der Waals surface area contributed by atoms with E-state index in [1.165, 1.54) is 0 Å². The Kier molecular flexibility index (Phi) is 4.31. The first kappa shape index (κ1) is 15.7. The Morgan fingerprint density at radius 1 is 1.12 bits per heavy atom. The van der Waals surface area contributed by atoms with Gasteiger partial charge < -0.3 is 5.11 Å². The van der Waals surface area contributed by atoms with Gasteiger partial charge in [0.15, 0.2) is 0 Å². The Morgan fingerprint density at radius 2 is 2.00 bits per heavy atom. The number of para-hydroxylation sites is 1. The van der Waals surface area contributed by atoms with Crippen LogP contribution in [0.3, 0.4) is 0 Å². The van der Waals surface area contributed by atoms with Crippen LogP contribution in [0.15, 0.2) is 41.8 Å². The van der Waals surface area contributed by atoms with Gasteiger partial charge in [-0.25, -0.2) is 4.98 Å². The van der Waals surface area contributed by atoms with Crippen molar-refractivity contribution in [1.29, 1.82) is 0 Å². The molecule has 24 heavy (non-hydrogen) atoms. The molecule has 0 aliphatic carbocycles. The lowest BCUT2D eigenvalue weighted by atomic mass is 9.99. The van der Waals surface area contributed by atoms with E-state index >= 15 is 0 Å². The summed E-state index contributed by atoms with van der Waals surface area (Å²) in [4.78, 5) is 11.6. The molecule has 5 heteroatoms. The van der Waals surface area contributed by atoms with Gasteiger partial charge in [0, 0.05) is 42.0 Å². The minimum atomic E-state index is -0.294. The Bertz CT molecular complexity index is 847. The summed E-state index contributed by atoms with van der Waals surface area (Å²) in [6, 6.07) is 12.4. The number of thiazole rings is 1. The van der Waals surface area contributed by atoms with Crippen LogP contribution in [0.4, 0.5) is 0 Å². The van der Waals surface area contributed by atoms with E-state index in [2.05, 4.69) is 33.5 Å². The lowest BCUT2D eigenvalue weighted by Crippen LogP contribution is -2.21. The van der Waals surface area contributed by atoms with E-state index in [9.17, 15) is 5.11 Å². The van der Waals surface area contributed by atoms with Crippen molar-refractivity contribution in [1.82, 2.24) is 14.9 Å². The number of aliphatic hydroxyl groups is 1. The zero-order valence-electron chi connectivity index (χ0n) is 13.7. The van der Waals surface area contributed by atoms with Crippen LogP contribution in [-0.4, -0.2) is 39.2 Å². The molecule has 3 heterocycles. The van der Waals surface area contributed by atoms with Crippen LogP contribution < -0.4 is 0 Å². The fourth-order valence-electron chi connectivity index (χ4n) is 3.47. The standard InChI is InChI=1S/C19H21N3OS/c1-13-20-17(12-24-13)10-22-9-15(19(23)11-22)8-16-7-6-14-4-2-3-5-18(14)21-16/h2-7,12,15,19,23H,8-11H2,1H3/t15-,19-/m1/s1. The predicted octanol–water partition coefficient (Wildman–Crippen LogP) is 3.04. The molecule has 1 fully saturated rings. The third kappa shape index (κ3) is 3.34. The molecule has 1 aromatic carbocycles. The number of likely N-dealkylation sites (tertiary alicyclic amines) is 1. The highest BCUT2D eigenvalue weighted by molar-refractivity contribution is 7.09. The van der Waals surface area contributed by atoms with E-state index in [-0.39, 0.29) is 12.0 Å². The fourth-order valence-corrected chi connectivity index (χ4v) is 4.08. The van der Waals surface area contributed by atoms with Crippen molar-refractivity contribution in [3.05, 3.63) is 58.2 Å². The molecule has 3 aromatic rings. The highest BCUT2D eigenvalue weighted by atomic mass is 32.1. The zero-order valence-corrected chi connectivity index (χ0v) is 14.5. The molecule has 1 aliphatic rings. The maximum atomic E-state index is 10.4. The van der Waals surface area contributed by atoms with Gasteiger partial charge in [-0.3, -0.25) is 9.88 Å². The van der Waals surface area contributed by atoms with Gasteiger partial charge in [0.05, 0.1) is 22.3 Å². The van der Waals surface area contributed by atoms with E-state index in [1.54, 1.807) is 11.3 Å². The third-order valence-corrected chi connectivity index (χ3v) is 5.48. The molecular weight excluding hydrogens is 318 g/mol. The maximum Gasteiger partial charge on any atom is 0.0897 e. The van der Waals surface area contributed by atoms with E-state index in [4.69, 9.17) is 4.98 Å². The first-order chi connectivity index (χ1) is 11.7. The molecule has 4 nitrogen and oxygen atoms in total. The minimum Gasteiger partial charge on any atom is -0.391 e. The van der Waals surface area contributed by atoms with Crippen LogP contribution in [-0.2, 0) is 13.0 Å². The Hall–Kier alpha value is -1.82. The van der Waals surface area contributed by atoms with E-state index in [0.717, 1.165) is 53.4 Å². The maximum absolute atomic E-state index is 10.4. The van der Waals surface area contributed by atoms with Gasteiger partial charge >= 0.3 is 0 Å². The van der Waals surface area contributed by atoms with E-state index < -0.39 is 0 Å². The van der Waals surface area contributed by atoms with Crippen molar-refractivity contribution in [3.8, 4) is 0 Å². The Morgan fingerprint density at radius 3 is 2.83 bits per heavy atom. The van der Waals surface area contributed by atoms with Gasteiger partial charge in [0.2, 0.25) is 0 Å². The van der Waals surface area contributed by atoms with Crippen molar-refractivity contribution in [2.45, 2.75) is 26.0 Å². The van der Waals surface area contributed by atoms with Crippen molar-refractivity contribution in [2.75, 3.05) is 13.1 Å². The second-order valence-corrected chi connectivity index (χ2v) is 7.64. The fraction of sp³-hybridized carbons (Fsp3) is 0.368. The molecule has 2 aromatic heterocycles. The predicted molar refractivity (Wildman–Crippen MR) is 97.1 cm³/mol. The van der Waals surface area contributed by atoms with Crippen LogP contribution in [0.5, 0.6) is 0 Å². The second kappa shape index (κ2) is 6.59. The summed E-state index contributed by atoms with van der Waals surface area (Å²) in [5.41, 5.74) is 3.19. The Labute approximate surface area is 145 Å². The number of aliphatic hydroxyl groups excluding tert-OH is 1. The lowest BCUT2D eigenvalue weighted by molar-refractivity contribution is 0.140. The molecule has 2 atom stereocenters. The number of hydrogen-bond acceptors (Lipinski definition) is 5. The summed E-state index contributed by atoms with van der Waals surface area (Å²) in [7, 11) is 0. The van der Waals surface area contributed by atoms with Crippen LogP contribution in [0.2, 0.25) is 0 Å². The number of hydrogen-bond donors (Lipinski definition) is 1. The summed E-state index contributed by atoms with van der Waals surface area (Å²) in [6.07, 6.45) is 0.525. The number of rotatable bonds is 4. The average molecular weight is 339 g/mol. The monoisotopic (exact) mass is 339 g/mol. The van der Waals surface area contributed by atoms with Crippen LogP contribution in [0.25, 0.3) is 10.9 Å². The second-order valence-electron chi connectivity index (χ2n) is 6.58. The topological polar surface area (TPSA) is 49.2 Å². The molecule has 0 amide bonds. The van der Waals surface area contributed by atoms with Crippen molar-refractivity contribution >= 4 is 22.2 Å². The molecule has 0 spiro atoms. The normalized spacial score (nSPS) is 21.6. The third-order valence-electron chi connectivity index (χ3n) is 4.66. The first-order valence-corrected chi connectivity index (χ1v) is 9.21. The number of benzene rings is 1. The SMILES string of the molecule is Cc1nc(CN2C[C@@H](Cc3ccc4ccccc4n3)[C@H](O)C2)cs1. The molecule has 0 radical (unpaired) electrons. The number of pyridine rings is 1. The van der Waals surface area contributed by atoms with Crippen molar-refractivity contribution in [2.24, 2.45) is 5.92 Å². The number of β-amino-alcohol motifs (C(OH)–C–C–N with tert-alkyl or cyclic N) is 1. The molecule has 0 unspecified atom stereocenters. The number of aryl methyl sites for hydroxylation is 1. The smallest absolute Gasteiger partial charge is 0.0897 e. The van der Waals surface area contributed by atoms with E-state index in [0.29, 0.717) is 0 Å². The van der Waals surface area contributed by atoms with Crippen molar-refractivity contribution < 1.29 is 5.11 Å². The number of aromatic nitrogens is 2. The van der Waals surface area contributed by atoms with Gasteiger partial charge in [0.1, 0.15) is 0 Å². The molecular formula is C19H21N3OS. The zero-order chi connectivity index (χ0) is 16.5. The molecule has 124 valence electrons. The summed E-state index contributed by atoms with van der Waals surface area (Å²) < 4.78 is 0. The molecule has 4 rings (SSSR count). The molecule has 1 aliphatic heterocycles. The summed E-state index contributed by atoms with van der Waals surface area (Å²) in [5.74, 6) is 0.235. The Balaban J connectivity index is 1.43. The summed E-state index contributed by atoms with van der Waals surface area (Å²) >= 11 is 1.68. The summed E-state index contributed by atoms with van der Waals surface area (Å²) in [5, 5.41) is 14.8. The summed E-state index contributed by atoms with van der Waals surface area (Å²) in [6.45, 7) is 4.46. The van der Waals surface area contributed by atoms with Crippen molar-refractivity contribution in [3.63, 3.8) is 0 Å². The van der Waals surface area contributed by atoms with Gasteiger partial charge in [0.25, 0.3) is 0 Å². The lowest BCUT2D eigenvalue weighted by Gasteiger charge is -2.14.